The topological polar surface area (TPSA) is 117 Å². The summed E-state index contributed by atoms with van der Waals surface area (Å²) in [6.45, 7) is 11.1. The lowest BCUT2D eigenvalue weighted by Gasteiger charge is -2.19. The molecule has 1 amide bonds. The number of rotatable bonds is 5. The molecule has 1 N–H and O–H groups in total. The van der Waals surface area contributed by atoms with Gasteiger partial charge in [-0.05, 0) is 113 Å². The molecule has 6 aromatic rings. The zero-order valence-electron chi connectivity index (χ0n) is 28.6. The van der Waals surface area contributed by atoms with Crippen molar-refractivity contribution in [3.8, 4) is 16.8 Å². The Bertz CT molecular complexity index is 2350. The van der Waals surface area contributed by atoms with Gasteiger partial charge in [-0.2, -0.15) is 0 Å². The van der Waals surface area contributed by atoms with Gasteiger partial charge in [-0.15, -0.1) is 4.99 Å². The fraction of sp³-hybridized carbons (Fsp3) is 0.231. The van der Waals surface area contributed by atoms with Crippen LogP contribution in [-0.4, -0.2) is 48.2 Å². The predicted molar refractivity (Wildman–Crippen MR) is 193 cm³/mol. The summed E-state index contributed by atoms with van der Waals surface area (Å²) in [4.78, 5) is 42.9. The van der Waals surface area contributed by atoms with Crippen molar-refractivity contribution in [1.29, 1.82) is 0 Å². The highest BCUT2D eigenvalue weighted by Gasteiger charge is 2.22. The standard InChI is InChI=1S/C39H37ClN4O6/c1-38(2,3)49-36(47)41-35-43(23-25-10-9-13-31-28(25)20-21-42(31)37(48)50-39(4,5)6)32-11-7-8-12-33(32)44(35)27-17-14-24(15-18-27)30-22-26(40)16-19-29(30)34(45)46/h7-22H,23H2,1-6H3,(H,45,46)/b41-35+. The molecule has 0 saturated heterocycles. The Morgan fingerprint density at radius 3 is 2.10 bits per heavy atom. The average Bonchev–Trinajstić information content (AvgIpc) is 3.59. The summed E-state index contributed by atoms with van der Waals surface area (Å²) in [5, 5.41) is 11.1. The second-order valence-corrected chi connectivity index (χ2v) is 14.3. The van der Waals surface area contributed by atoms with Gasteiger partial charge in [0, 0.05) is 22.3 Å². The molecule has 0 unspecified atom stereocenters. The van der Waals surface area contributed by atoms with Crippen LogP contribution in [-0.2, 0) is 16.0 Å². The van der Waals surface area contributed by atoms with E-state index in [2.05, 4.69) is 4.99 Å². The largest absolute Gasteiger partial charge is 0.478 e. The molecule has 2 heterocycles. The van der Waals surface area contributed by atoms with Crippen LogP contribution >= 0.6 is 11.6 Å². The summed E-state index contributed by atoms with van der Waals surface area (Å²) in [6, 6.07) is 27.2. The maximum absolute atomic E-state index is 13.3. The summed E-state index contributed by atoms with van der Waals surface area (Å²) in [6.07, 6.45) is 0.455. The van der Waals surface area contributed by atoms with Crippen molar-refractivity contribution < 1.29 is 29.0 Å². The number of halogens is 1. The fourth-order valence-electron chi connectivity index (χ4n) is 5.85. The lowest BCUT2D eigenvalue weighted by molar-refractivity contribution is 0.0541. The lowest BCUT2D eigenvalue weighted by atomic mass is 9.99. The first-order chi connectivity index (χ1) is 23.6. The summed E-state index contributed by atoms with van der Waals surface area (Å²) in [5.74, 6) is -1.06. The number of fused-ring (bicyclic) bond motifs is 2. The Hall–Kier alpha value is -5.61. The van der Waals surface area contributed by atoms with E-state index in [1.54, 1.807) is 39.1 Å². The monoisotopic (exact) mass is 692 g/mol. The molecule has 256 valence electrons. The van der Waals surface area contributed by atoms with Gasteiger partial charge in [-0.25, -0.2) is 14.4 Å². The predicted octanol–water partition coefficient (Wildman–Crippen LogP) is 9.07. The number of hydrogen-bond acceptors (Lipinski definition) is 5. The Morgan fingerprint density at radius 2 is 1.44 bits per heavy atom. The van der Waals surface area contributed by atoms with Gasteiger partial charge in [-0.3, -0.25) is 9.13 Å². The first-order valence-corrected chi connectivity index (χ1v) is 16.4. The Kier molecular flexibility index (Phi) is 8.92. The maximum Gasteiger partial charge on any atom is 0.437 e. The average molecular weight is 693 g/mol. The number of carboxylic acids is 1. The highest BCUT2D eigenvalue weighted by atomic mass is 35.5. The van der Waals surface area contributed by atoms with Crippen molar-refractivity contribution in [2.45, 2.75) is 59.3 Å². The number of imidazole rings is 1. The van der Waals surface area contributed by atoms with E-state index in [0.717, 1.165) is 22.0 Å². The second-order valence-electron chi connectivity index (χ2n) is 13.9. The van der Waals surface area contributed by atoms with Gasteiger partial charge < -0.3 is 19.1 Å². The zero-order chi connectivity index (χ0) is 36.0. The maximum atomic E-state index is 13.3. The highest BCUT2D eigenvalue weighted by molar-refractivity contribution is 6.31. The van der Waals surface area contributed by atoms with Crippen molar-refractivity contribution in [2.75, 3.05) is 0 Å². The number of ether oxygens (including phenoxy) is 2. The lowest BCUT2D eigenvalue weighted by Crippen LogP contribution is -2.30. The molecule has 0 aliphatic heterocycles. The van der Waals surface area contributed by atoms with Crippen molar-refractivity contribution in [2.24, 2.45) is 4.99 Å². The summed E-state index contributed by atoms with van der Waals surface area (Å²) in [7, 11) is 0. The fourth-order valence-corrected chi connectivity index (χ4v) is 6.02. The van der Waals surface area contributed by atoms with Gasteiger partial charge in [0.15, 0.2) is 0 Å². The molecule has 0 aliphatic carbocycles. The van der Waals surface area contributed by atoms with E-state index < -0.39 is 29.4 Å². The summed E-state index contributed by atoms with van der Waals surface area (Å²) >= 11 is 6.25. The molecule has 0 saturated carbocycles. The van der Waals surface area contributed by atoms with Crippen molar-refractivity contribution in [3.63, 3.8) is 0 Å². The van der Waals surface area contributed by atoms with Crippen LogP contribution in [0.1, 0.15) is 57.5 Å². The number of nitrogens with zero attached hydrogens (tertiary/aromatic N) is 4. The van der Waals surface area contributed by atoms with Gasteiger partial charge in [0.2, 0.25) is 5.62 Å². The number of benzene rings is 4. The molecule has 50 heavy (non-hydrogen) atoms. The SMILES string of the molecule is CC(C)(C)OC(=O)/N=c1\n(Cc2cccc3c2ccn3C(=O)OC(C)(C)C)c2ccccc2n1-c1ccc(-c2cc(Cl)ccc2C(=O)O)cc1. The molecule has 0 aliphatic rings. The zero-order valence-corrected chi connectivity index (χ0v) is 29.4. The van der Waals surface area contributed by atoms with Gasteiger partial charge in [0.25, 0.3) is 0 Å². The first kappa shape index (κ1) is 34.3. The number of para-hydroxylation sites is 2. The van der Waals surface area contributed by atoms with Gasteiger partial charge in [-0.1, -0.05) is 48.0 Å². The van der Waals surface area contributed by atoms with Crippen LogP contribution in [0, 0.1) is 0 Å². The van der Waals surface area contributed by atoms with Crippen LogP contribution in [0.3, 0.4) is 0 Å². The van der Waals surface area contributed by atoms with Gasteiger partial charge in [0.05, 0.1) is 28.7 Å². The van der Waals surface area contributed by atoms with E-state index >= 15 is 0 Å². The summed E-state index contributed by atoms with van der Waals surface area (Å²) < 4.78 is 16.6. The van der Waals surface area contributed by atoms with Gasteiger partial charge in [0.1, 0.15) is 11.2 Å². The Morgan fingerprint density at radius 1 is 0.780 bits per heavy atom. The number of carbonyl (C=O) groups is 3. The van der Waals surface area contributed by atoms with E-state index in [9.17, 15) is 19.5 Å². The number of aromatic nitrogens is 3. The van der Waals surface area contributed by atoms with Crippen molar-refractivity contribution in [3.05, 3.63) is 119 Å². The Labute approximate surface area is 293 Å². The smallest absolute Gasteiger partial charge is 0.437 e. The number of carboxylic acid groups (broad SMARTS) is 1. The molecule has 0 spiro atoms. The minimum Gasteiger partial charge on any atom is -0.478 e. The molecule has 6 rings (SSSR count). The number of amides is 1. The van der Waals surface area contributed by atoms with E-state index in [0.29, 0.717) is 39.5 Å². The van der Waals surface area contributed by atoms with E-state index in [1.165, 1.54) is 10.6 Å². The van der Waals surface area contributed by atoms with Crippen molar-refractivity contribution >= 4 is 51.7 Å². The number of hydrogen-bond donors (Lipinski definition) is 1. The summed E-state index contributed by atoms with van der Waals surface area (Å²) in [5.41, 5.74) is 3.95. The van der Waals surface area contributed by atoms with Crippen LogP contribution < -0.4 is 5.62 Å². The van der Waals surface area contributed by atoms with E-state index in [1.807, 2.05) is 103 Å². The normalized spacial score (nSPS) is 12.4. The second kappa shape index (κ2) is 13.0. The third-order valence-electron chi connectivity index (χ3n) is 7.83. The quantitative estimate of drug-likeness (QED) is 0.193. The van der Waals surface area contributed by atoms with Crippen LogP contribution in [0.25, 0.3) is 38.8 Å². The minimum atomic E-state index is -1.06. The number of aromatic carboxylic acids is 1. The number of carbonyl (C=O) groups excluding carboxylic acids is 2. The molecule has 0 radical (unpaired) electrons. The minimum absolute atomic E-state index is 0.127. The molecule has 11 heteroatoms. The van der Waals surface area contributed by atoms with Crippen molar-refractivity contribution in [1.82, 2.24) is 13.7 Å². The molecule has 0 fully saturated rings. The molecule has 4 aromatic carbocycles. The molecule has 10 nitrogen and oxygen atoms in total. The van der Waals surface area contributed by atoms with Crippen LogP contribution in [0.4, 0.5) is 9.59 Å². The molecular weight excluding hydrogens is 656 g/mol. The van der Waals surface area contributed by atoms with E-state index in [4.69, 9.17) is 21.1 Å². The first-order valence-electron chi connectivity index (χ1n) is 16.0. The Balaban J connectivity index is 1.53. The van der Waals surface area contributed by atoms with Gasteiger partial charge >= 0.3 is 18.2 Å². The molecule has 0 atom stereocenters. The third kappa shape index (κ3) is 7.06. The van der Waals surface area contributed by atoms with Crippen LogP contribution in [0.2, 0.25) is 5.02 Å². The molecule has 0 bridgehead atoms. The molecular formula is C39H37ClN4O6. The van der Waals surface area contributed by atoms with Crippen LogP contribution in [0.15, 0.2) is 102 Å². The van der Waals surface area contributed by atoms with E-state index in [-0.39, 0.29) is 5.56 Å². The molecule has 2 aromatic heterocycles. The highest BCUT2D eigenvalue weighted by Crippen LogP contribution is 2.30. The third-order valence-corrected chi connectivity index (χ3v) is 8.07. The van der Waals surface area contributed by atoms with Crippen LogP contribution in [0.5, 0.6) is 0 Å².